The summed E-state index contributed by atoms with van der Waals surface area (Å²) >= 11 is 1.58. The van der Waals surface area contributed by atoms with Crippen molar-refractivity contribution < 1.29 is 23.9 Å². The first-order valence-electron chi connectivity index (χ1n) is 8.99. The van der Waals surface area contributed by atoms with Gasteiger partial charge in [-0.05, 0) is 51.5 Å². The Bertz CT molecular complexity index is 506. The number of ether oxygens (including phenoxy) is 1. The molecular weight excluding hydrogens is 370 g/mol. The number of carbonyl (C=O) groups excluding carboxylic acids is 4. The fourth-order valence-electron chi connectivity index (χ4n) is 2.12. The van der Waals surface area contributed by atoms with E-state index in [2.05, 4.69) is 16.0 Å². The minimum Gasteiger partial charge on any atom is -0.444 e. The van der Waals surface area contributed by atoms with Crippen molar-refractivity contribution >= 4 is 36.0 Å². The van der Waals surface area contributed by atoms with Crippen molar-refractivity contribution in [3.63, 3.8) is 0 Å². The van der Waals surface area contributed by atoms with E-state index in [4.69, 9.17) is 4.74 Å². The highest BCUT2D eigenvalue weighted by Gasteiger charge is 2.25. The first-order valence-corrected chi connectivity index (χ1v) is 10.4. The van der Waals surface area contributed by atoms with Crippen molar-refractivity contribution in [1.82, 2.24) is 16.0 Å². The van der Waals surface area contributed by atoms with E-state index in [0.717, 1.165) is 5.75 Å². The largest absolute Gasteiger partial charge is 0.444 e. The van der Waals surface area contributed by atoms with Crippen LogP contribution in [0.1, 0.15) is 47.5 Å². The van der Waals surface area contributed by atoms with Gasteiger partial charge in [0.15, 0.2) is 0 Å². The zero-order valence-electron chi connectivity index (χ0n) is 17.1. The molecule has 27 heavy (non-hydrogen) atoms. The smallest absolute Gasteiger partial charge is 0.408 e. The highest BCUT2D eigenvalue weighted by atomic mass is 32.2. The fraction of sp³-hybridized carbons (Fsp3) is 0.778. The lowest BCUT2D eigenvalue weighted by molar-refractivity contribution is -0.128. The number of thioether (sulfide) groups is 1. The molecule has 0 heterocycles. The predicted octanol–water partition coefficient (Wildman–Crippen LogP) is 1.48. The summed E-state index contributed by atoms with van der Waals surface area (Å²) in [6.07, 6.45) is 2.83. The molecule has 3 N–H and O–H groups in total. The Hall–Kier alpha value is -1.77. The van der Waals surface area contributed by atoms with Gasteiger partial charge >= 0.3 is 6.09 Å². The van der Waals surface area contributed by atoms with Crippen LogP contribution in [0.4, 0.5) is 4.79 Å². The van der Waals surface area contributed by atoms with Crippen molar-refractivity contribution in [2.75, 3.05) is 18.6 Å². The Morgan fingerprint density at radius 1 is 1.15 bits per heavy atom. The molecule has 0 saturated heterocycles. The number of hydrogen-bond donors (Lipinski definition) is 3. The summed E-state index contributed by atoms with van der Waals surface area (Å²) in [5.41, 5.74) is -0.677. The molecule has 0 saturated carbocycles. The minimum atomic E-state index is -0.814. The van der Waals surface area contributed by atoms with Gasteiger partial charge in [0.25, 0.3) is 0 Å². The second kappa shape index (κ2) is 12.6. The van der Waals surface area contributed by atoms with Crippen LogP contribution in [0.2, 0.25) is 0 Å². The summed E-state index contributed by atoms with van der Waals surface area (Å²) in [5, 5.41) is 7.60. The number of rotatable bonds is 11. The van der Waals surface area contributed by atoms with Gasteiger partial charge in [-0.25, -0.2) is 4.79 Å². The molecule has 3 amide bonds. The number of alkyl carbamates (subject to hydrolysis) is 1. The lowest BCUT2D eigenvalue weighted by Crippen LogP contribution is -2.51. The Balaban J connectivity index is 4.64. The van der Waals surface area contributed by atoms with Gasteiger partial charge < -0.3 is 25.5 Å². The standard InChI is InChI=1S/C18H33N3O5S/c1-12(2)9-14(21-17(25)26-18(3,4)5)16(24)19-10-15(23)20-13(11-22)7-8-27-6/h11-14H,7-10H2,1-6H3,(H,19,24)(H,20,23)(H,21,25)/t13-,14-/m0/s1. The third-order valence-corrected chi connectivity index (χ3v) is 3.93. The molecule has 9 heteroatoms. The van der Waals surface area contributed by atoms with Gasteiger partial charge in [0.2, 0.25) is 11.8 Å². The molecule has 0 aromatic heterocycles. The summed E-state index contributed by atoms with van der Waals surface area (Å²) in [4.78, 5) is 47.2. The highest BCUT2D eigenvalue weighted by Crippen LogP contribution is 2.09. The molecule has 0 aromatic carbocycles. The maximum atomic E-state index is 12.4. The normalized spacial score (nSPS) is 13.4. The van der Waals surface area contributed by atoms with E-state index in [0.29, 0.717) is 19.1 Å². The van der Waals surface area contributed by atoms with E-state index in [1.54, 1.807) is 32.5 Å². The van der Waals surface area contributed by atoms with Crippen molar-refractivity contribution in [3.8, 4) is 0 Å². The molecule has 2 atom stereocenters. The summed E-state index contributed by atoms with van der Waals surface area (Å²) in [5.74, 6) is -0.0409. The Kier molecular flexibility index (Phi) is 11.8. The van der Waals surface area contributed by atoms with Crippen LogP contribution < -0.4 is 16.0 Å². The van der Waals surface area contributed by atoms with Crippen molar-refractivity contribution in [2.45, 2.75) is 65.1 Å². The molecule has 0 rings (SSSR count). The third kappa shape index (κ3) is 13.1. The molecule has 0 unspecified atom stereocenters. The van der Waals surface area contributed by atoms with Crippen molar-refractivity contribution in [3.05, 3.63) is 0 Å². The van der Waals surface area contributed by atoms with Crippen LogP contribution in [-0.4, -0.2) is 60.4 Å². The van der Waals surface area contributed by atoms with E-state index in [1.807, 2.05) is 20.1 Å². The minimum absolute atomic E-state index is 0.149. The summed E-state index contributed by atoms with van der Waals surface area (Å²) < 4.78 is 5.18. The number of carbonyl (C=O) groups is 4. The molecule has 0 aliphatic heterocycles. The monoisotopic (exact) mass is 403 g/mol. The lowest BCUT2D eigenvalue weighted by Gasteiger charge is -2.24. The summed E-state index contributed by atoms with van der Waals surface area (Å²) in [6.45, 7) is 8.76. The molecule has 0 radical (unpaired) electrons. The first-order chi connectivity index (χ1) is 12.5. The number of aldehydes is 1. The average molecular weight is 404 g/mol. The van der Waals surface area contributed by atoms with E-state index >= 15 is 0 Å². The van der Waals surface area contributed by atoms with Gasteiger partial charge in [0.1, 0.15) is 17.9 Å². The molecule has 0 aromatic rings. The van der Waals surface area contributed by atoms with Crippen molar-refractivity contribution in [1.29, 1.82) is 0 Å². The SMILES string of the molecule is CSCC[C@@H](C=O)NC(=O)CNC(=O)[C@H](CC(C)C)NC(=O)OC(C)(C)C. The summed E-state index contributed by atoms with van der Waals surface area (Å²) in [7, 11) is 0. The van der Waals surface area contributed by atoms with Crippen LogP contribution in [0, 0.1) is 5.92 Å². The average Bonchev–Trinajstić information content (AvgIpc) is 2.53. The number of hydrogen-bond acceptors (Lipinski definition) is 6. The van der Waals surface area contributed by atoms with Crippen LogP contribution in [0.25, 0.3) is 0 Å². The van der Waals surface area contributed by atoms with Crippen LogP contribution in [0.15, 0.2) is 0 Å². The molecular formula is C18H33N3O5S. The first kappa shape index (κ1) is 25.2. The fourth-order valence-corrected chi connectivity index (χ4v) is 2.61. The summed E-state index contributed by atoms with van der Waals surface area (Å²) in [6, 6.07) is -1.39. The molecule has 0 spiro atoms. The maximum absolute atomic E-state index is 12.4. The Morgan fingerprint density at radius 3 is 2.26 bits per heavy atom. The van der Waals surface area contributed by atoms with E-state index in [9.17, 15) is 19.2 Å². The number of amides is 3. The maximum Gasteiger partial charge on any atom is 0.408 e. The topological polar surface area (TPSA) is 114 Å². The van der Waals surface area contributed by atoms with Crippen molar-refractivity contribution in [2.24, 2.45) is 5.92 Å². The Labute approximate surface area is 165 Å². The lowest BCUT2D eigenvalue weighted by atomic mass is 10.0. The molecule has 0 aliphatic carbocycles. The van der Waals surface area contributed by atoms with E-state index in [-0.39, 0.29) is 12.5 Å². The quantitative estimate of drug-likeness (QED) is 0.450. The van der Waals surface area contributed by atoms with Gasteiger partial charge in [-0.15, -0.1) is 0 Å². The van der Waals surface area contributed by atoms with Crippen LogP contribution >= 0.6 is 11.8 Å². The highest BCUT2D eigenvalue weighted by molar-refractivity contribution is 7.98. The zero-order valence-corrected chi connectivity index (χ0v) is 17.9. The third-order valence-electron chi connectivity index (χ3n) is 3.28. The van der Waals surface area contributed by atoms with Gasteiger partial charge in [0.05, 0.1) is 12.6 Å². The molecule has 0 fully saturated rings. The van der Waals surface area contributed by atoms with Crippen LogP contribution in [-0.2, 0) is 19.1 Å². The van der Waals surface area contributed by atoms with Gasteiger partial charge in [0, 0.05) is 0 Å². The predicted molar refractivity (Wildman–Crippen MR) is 107 cm³/mol. The van der Waals surface area contributed by atoms with Crippen LogP contribution in [0.5, 0.6) is 0 Å². The zero-order chi connectivity index (χ0) is 21.0. The van der Waals surface area contributed by atoms with Gasteiger partial charge in [-0.1, -0.05) is 13.8 Å². The molecule has 0 aliphatic rings. The second-order valence-corrected chi connectivity index (χ2v) is 8.62. The number of nitrogens with one attached hydrogen (secondary N) is 3. The molecule has 8 nitrogen and oxygen atoms in total. The second-order valence-electron chi connectivity index (χ2n) is 7.64. The Morgan fingerprint density at radius 2 is 1.78 bits per heavy atom. The van der Waals surface area contributed by atoms with E-state index in [1.165, 1.54) is 0 Å². The van der Waals surface area contributed by atoms with Crippen LogP contribution in [0.3, 0.4) is 0 Å². The molecule has 156 valence electrons. The molecule has 0 bridgehead atoms. The van der Waals surface area contributed by atoms with Gasteiger partial charge in [-0.3, -0.25) is 9.59 Å². The van der Waals surface area contributed by atoms with E-state index < -0.39 is 35.6 Å². The van der Waals surface area contributed by atoms with Gasteiger partial charge in [-0.2, -0.15) is 11.8 Å².